The van der Waals surface area contributed by atoms with E-state index in [4.69, 9.17) is 9.47 Å². The normalized spacial score (nSPS) is 11.9. The third-order valence-corrected chi connectivity index (χ3v) is 4.11. The van der Waals surface area contributed by atoms with Gasteiger partial charge in [-0.05, 0) is 24.6 Å². The Morgan fingerprint density at radius 2 is 2.32 bits per heavy atom. The van der Waals surface area contributed by atoms with Crippen LogP contribution >= 0.6 is 11.3 Å². The van der Waals surface area contributed by atoms with Crippen molar-refractivity contribution in [3.63, 3.8) is 0 Å². The van der Waals surface area contributed by atoms with Crippen LogP contribution in [0.5, 0.6) is 5.75 Å². The van der Waals surface area contributed by atoms with Crippen molar-refractivity contribution in [1.29, 1.82) is 0 Å². The fourth-order valence-corrected chi connectivity index (χ4v) is 3.18. The Bertz CT molecular complexity index is 648. The first kappa shape index (κ1) is 12.2. The summed E-state index contributed by atoms with van der Waals surface area (Å²) in [5, 5.41) is 0.431. The van der Waals surface area contributed by atoms with Gasteiger partial charge in [0.25, 0.3) is 0 Å². The van der Waals surface area contributed by atoms with E-state index in [1.807, 2.05) is 18.2 Å². The zero-order valence-corrected chi connectivity index (χ0v) is 11.5. The van der Waals surface area contributed by atoms with Gasteiger partial charge in [-0.3, -0.25) is 0 Å². The SMILES string of the molecule is CCOC(=O)c1nc2c(s1)Cc1ccc(OC)cc1-2. The van der Waals surface area contributed by atoms with Crippen molar-refractivity contribution in [1.82, 2.24) is 4.98 Å². The van der Waals surface area contributed by atoms with E-state index in [0.717, 1.165) is 28.3 Å². The van der Waals surface area contributed by atoms with Gasteiger partial charge in [-0.15, -0.1) is 11.3 Å². The van der Waals surface area contributed by atoms with Crippen molar-refractivity contribution in [2.45, 2.75) is 13.3 Å². The number of nitrogens with zero attached hydrogens (tertiary/aromatic N) is 1. The van der Waals surface area contributed by atoms with E-state index in [1.54, 1.807) is 14.0 Å². The number of rotatable bonds is 3. The van der Waals surface area contributed by atoms with E-state index in [2.05, 4.69) is 4.98 Å². The van der Waals surface area contributed by atoms with E-state index in [0.29, 0.717) is 11.6 Å². The number of hydrogen-bond donors (Lipinski definition) is 0. The Kier molecular flexibility index (Phi) is 2.98. The molecule has 98 valence electrons. The highest BCUT2D eigenvalue weighted by Crippen LogP contribution is 2.41. The van der Waals surface area contributed by atoms with Crippen LogP contribution in [-0.2, 0) is 11.2 Å². The van der Waals surface area contributed by atoms with Crippen LogP contribution in [0.3, 0.4) is 0 Å². The van der Waals surface area contributed by atoms with E-state index in [9.17, 15) is 4.79 Å². The van der Waals surface area contributed by atoms with Gasteiger partial charge in [0.15, 0.2) is 0 Å². The van der Waals surface area contributed by atoms with Gasteiger partial charge in [0, 0.05) is 16.9 Å². The van der Waals surface area contributed by atoms with Crippen molar-refractivity contribution < 1.29 is 14.3 Å². The van der Waals surface area contributed by atoms with Gasteiger partial charge < -0.3 is 9.47 Å². The number of benzene rings is 1. The van der Waals surface area contributed by atoms with Crippen LogP contribution in [0.15, 0.2) is 18.2 Å². The summed E-state index contributed by atoms with van der Waals surface area (Å²) in [6.45, 7) is 2.16. The number of ether oxygens (including phenoxy) is 2. The van der Waals surface area contributed by atoms with E-state index < -0.39 is 0 Å². The molecule has 1 aromatic heterocycles. The molecule has 0 radical (unpaired) electrons. The topological polar surface area (TPSA) is 48.4 Å². The average Bonchev–Trinajstić information content (AvgIpc) is 2.95. The molecule has 1 heterocycles. The van der Waals surface area contributed by atoms with E-state index in [-0.39, 0.29) is 5.97 Å². The molecule has 0 amide bonds. The van der Waals surface area contributed by atoms with Gasteiger partial charge in [0.1, 0.15) is 5.75 Å². The minimum atomic E-state index is -0.341. The molecule has 0 fully saturated rings. The Morgan fingerprint density at radius 3 is 3.05 bits per heavy atom. The number of aromatic nitrogens is 1. The molecule has 0 N–H and O–H groups in total. The Morgan fingerprint density at radius 1 is 1.47 bits per heavy atom. The van der Waals surface area contributed by atoms with Crippen LogP contribution in [0.25, 0.3) is 11.3 Å². The standard InChI is InChI=1S/C14H13NO3S/c1-3-18-14(16)13-15-12-10-7-9(17-2)5-4-8(10)6-11(12)19-13/h4-5,7H,3,6H2,1-2H3. The van der Waals surface area contributed by atoms with Gasteiger partial charge in [-0.1, -0.05) is 6.07 Å². The minimum absolute atomic E-state index is 0.341. The largest absolute Gasteiger partial charge is 0.497 e. The Labute approximate surface area is 115 Å². The summed E-state index contributed by atoms with van der Waals surface area (Å²) in [4.78, 5) is 17.2. The summed E-state index contributed by atoms with van der Waals surface area (Å²) in [6.07, 6.45) is 0.825. The smallest absolute Gasteiger partial charge is 0.367 e. The minimum Gasteiger partial charge on any atom is -0.497 e. The van der Waals surface area contributed by atoms with Gasteiger partial charge in [-0.2, -0.15) is 0 Å². The van der Waals surface area contributed by atoms with Gasteiger partial charge in [0.2, 0.25) is 5.01 Å². The van der Waals surface area contributed by atoms with Crippen molar-refractivity contribution in [3.8, 4) is 17.0 Å². The van der Waals surface area contributed by atoms with Crippen LogP contribution in [0.2, 0.25) is 0 Å². The average molecular weight is 275 g/mol. The zero-order valence-electron chi connectivity index (χ0n) is 10.7. The summed E-state index contributed by atoms with van der Waals surface area (Å²) < 4.78 is 10.2. The molecule has 0 bridgehead atoms. The molecule has 0 atom stereocenters. The third-order valence-electron chi connectivity index (χ3n) is 3.07. The molecule has 0 spiro atoms. The quantitative estimate of drug-likeness (QED) is 0.690. The molecule has 0 aliphatic heterocycles. The summed E-state index contributed by atoms with van der Waals surface area (Å²) in [6, 6.07) is 5.96. The first-order valence-electron chi connectivity index (χ1n) is 6.07. The van der Waals surface area contributed by atoms with Crippen LogP contribution in [-0.4, -0.2) is 24.7 Å². The second kappa shape index (κ2) is 4.66. The highest BCUT2D eigenvalue weighted by atomic mass is 32.1. The van der Waals surface area contributed by atoms with Crippen molar-refractivity contribution in [2.75, 3.05) is 13.7 Å². The molecule has 0 unspecified atom stereocenters. The summed E-state index contributed by atoms with van der Waals surface area (Å²) >= 11 is 1.41. The summed E-state index contributed by atoms with van der Waals surface area (Å²) in [5.74, 6) is 0.462. The Hall–Kier alpha value is -1.88. The number of fused-ring (bicyclic) bond motifs is 3. The monoisotopic (exact) mass is 275 g/mol. The molecule has 4 nitrogen and oxygen atoms in total. The van der Waals surface area contributed by atoms with E-state index >= 15 is 0 Å². The number of esters is 1. The molecule has 1 aromatic carbocycles. The van der Waals surface area contributed by atoms with Crippen LogP contribution in [0.1, 0.15) is 27.2 Å². The van der Waals surface area contributed by atoms with E-state index in [1.165, 1.54) is 16.9 Å². The molecule has 1 aliphatic rings. The van der Waals surface area contributed by atoms with Gasteiger partial charge in [0.05, 0.1) is 19.4 Å². The van der Waals surface area contributed by atoms with Crippen molar-refractivity contribution in [3.05, 3.63) is 33.6 Å². The van der Waals surface area contributed by atoms with Gasteiger partial charge >= 0.3 is 5.97 Å². The van der Waals surface area contributed by atoms with Crippen LogP contribution < -0.4 is 4.74 Å². The maximum atomic E-state index is 11.7. The molecule has 2 aromatic rings. The molecular formula is C14H13NO3S. The number of carbonyl (C=O) groups is 1. The molecule has 1 aliphatic carbocycles. The predicted octanol–water partition coefficient (Wildman–Crippen LogP) is 2.90. The molecule has 0 saturated heterocycles. The van der Waals surface area contributed by atoms with Crippen molar-refractivity contribution >= 4 is 17.3 Å². The second-order valence-electron chi connectivity index (χ2n) is 4.21. The molecular weight excluding hydrogens is 262 g/mol. The summed E-state index contributed by atoms with van der Waals surface area (Å²) in [5.41, 5.74) is 3.17. The highest BCUT2D eigenvalue weighted by Gasteiger charge is 2.26. The van der Waals surface area contributed by atoms with Crippen LogP contribution in [0.4, 0.5) is 0 Å². The number of hydrogen-bond acceptors (Lipinski definition) is 5. The fourth-order valence-electron chi connectivity index (χ4n) is 2.19. The first-order valence-corrected chi connectivity index (χ1v) is 6.88. The number of thiazole rings is 1. The van der Waals surface area contributed by atoms with Crippen LogP contribution in [0, 0.1) is 0 Å². The lowest BCUT2D eigenvalue weighted by Crippen LogP contribution is -2.03. The zero-order chi connectivity index (χ0) is 13.4. The summed E-state index contributed by atoms with van der Waals surface area (Å²) in [7, 11) is 1.64. The third kappa shape index (κ3) is 2.00. The predicted molar refractivity (Wildman–Crippen MR) is 72.9 cm³/mol. The fraction of sp³-hybridized carbons (Fsp3) is 0.286. The molecule has 19 heavy (non-hydrogen) atoms. The lowest BCUT2D eigenvalue weighted by molar-refractivity contribution is 0.0526. The maximum absolute atomic E-state index is 11.7. The molecule has 0 saturated carbocycles. The van der Waals surface area contributed by atoms with Crippen molar-refractivity contribution in [2.24, 2.45) is 0 Å². The maximum Gasteiger partial charge on any atom is 0.367 e. The number of methoxy groups -OCH3 is 1. The molecule has 5 heteroatoms. The van der Waals surface area contributed by atoms with Gasteiger partial charge in [-0.25, -0.2) is 9.78 Å². The first-order chi connectivity index (χ1) is 9.22. The molecule has 3 rings (SSSR count). The lowest BCUT2D eigenvalue weighted by Gasteiger charge is -2.03. The lowest BCUT2D eigenvalue weighted by atomic mass is 10.1. The Balaban J connectivity index is 2.00. The highest BCUT2D eigenvalue weighted by molar-refractivity contribution is 7.14. The second-order valence-corrected chi connectivity index (χ2v) is 5.29. The number of carbonyl (C=O) groups excluding carboxylic acids is 1.